The molecule has 0 saturated carbocycles. The molecule has 0 aliphatic heterocycles. The van der Waals surface area contributed by atoms with Gasteiger partial charge in [-0.15, -0.1) is 0 Å². The maximum absolute atomic E-state index is 12.5. The van der Waals surface area contributed by atoms with Gasteiger partial charge in [0.1, 0.15) is 23.0 Å². The summed E-state index contributed by atoms with van der Waals surface area (Å²) in [4.78, 5) is 25.9. The monoisotopic (exact) mass is 362 g/mol. The number of benzene rings is 1. The Balaban J connectivity index is 3.12. The zero-order valence-electron chi connectivity index (χ0n) is 16.2. The minimum atomic E-state index is -0.818. The topological polar surface area (TPSA) is 88.9 Å². The van der Waals surface area contributed by atoms with Crippen LogP contribution in [0.1, 0.15) is 47.1 Å². The van der Waals surface area contributed by atoms with Gasteiger partial charge in [-0.2, -0.15) is 5.26 Å². The summed E-state index contributed by atoms with van der Waals surface area (Å²) in [5, 5.41) is 8.70. The van der Waals surface area contributed by atoms with E-state index < -0.39 is 23.4 Å². The van der Waals surface area contributed by atoms with Crippen LogP contribution in [0.3, 0.4) is 0 Å². The molecule has 0 aromatic heterocycles. The fraction of sp³-hybridized carbons (Fsp3) is 0.526. The van der Waals surface area contributed by atoms with E-state index >= 15 is 0 Å². The molecule has 7 heteroatoms. The Bertz CT molecular complexity index is 652. The van der Waals surface area contributed by atoms with E-state index in [4.69, 9.17) is 19.5 Å². The van der Waals surface area contributed by atoms with E-state index in [1.165, 1.54) is 0 Å². The van der Waals surface area contributed by atoms with Crippen molar-refractivity contribution in [2.24, 2.45) is 0 Å². The van der Waals surface area contributed by atoms with E-state index in [-0.39, 0.29) is 13.2 Å². The first-order valence-corrected chi connectivity index (χ1v) is 8.24. The molecule has 0 unspecified atom stereocenters. The van der Waals surface area contributed by atoms with E-state index in [2.05, 4.69) is 0 Å². The predicted octanol–water partition coefficient (Wildman–Crippen LogP) is 4.26. The number of hydrogen-bond donors (Lipinski definition) is 0. The molecule has 0 radical (unpaired) electrons. The Labute approximate surface area is 154 Å². The van der Waals surface area contributed by atoms with Gasteiger partial charge in [0.25, 0.3) is 0 Å². The summed E-state index contributed by atoms with van der Waals surface area (Å²) < 4.78 is 16.0. The van der Waals surface area contributed by atoms with E-state index in [1.807, 2.05) is 6.07 Å². The summed E-state index contributed by atoms with van der Waals surface area (Å²) in [7, 11) is 0. The minimum Gasteiger partial charge on any atom is -0.478 e. The van der Waals surface area contributed by atoms with Crippen LogP contribution in [0.2, 0.25) is 0 Å². The van der Waals surface area contributed by atoms with Gasteiger partial charge >= 0.3 is 12.2 Å². The largest absolute Gasteiger partial charge is 0.478 e. The normalized spacial score (nSPS) is 11.3. The number of imide groups is 1. The molecule has 0 atom stereocenters. The maximum Gasteiger partial charge on any atom is 0.420 e. The number of ether oxygens (including phenoxy) is 3. The quantitative estimate of drug-likeness (QED) is 0.795. The minimum absolute atomic E-state index is 0.106. The highest BCUT2D eigenvalue weighted by Crippen LogP contribution is 2.23. The summed E-state index contributed by atoms with van der Waals surface area (Å²) >= 11 is 0. The number of carbonyl (C=O) groups excluding carboxylic acids is 2. The van der Waals surface area contributed by atoms with Gasteiger partial charge < -0.3 is 14.2 Å². The lowest BCUT2D eigenvalue weighted by Crippen LogP contribution is -2.43. The van der Waals surface area contributed by atoms with Gasteiger partial charge in [-0.1, -0.05) is 18.2 Å². The average molecular weight is 362 g/mol. The lowest BCUT2D eigenvalue weighted by Gasteiger charge is -2.29. The van der Waals surface area contributed by atoms with Crippen LogP contribution in [0.25, 0.3) is 0 Å². The van der Waals surface area contributed by atoms with Gasteiger partial charge in [0, 0.05) is 5.56 Å². The van der Waals surface area contributed by atoms with Crippen molar-refractivity contribution in [3.05, 3.63) is 29.8 Å². The molecule has 0 N–H and O–H groups in total. The second-order valence-electron chi connectivity index (χ2n) is 7.60. The number of amides is 2. The maximum atomic E-state index is 12.5. The van der Waals surface area contributed by atoms with Crippen molar-refractivity contribution in [2.75, 3.05) is 6.61 Å². The van der Waals surface area contributed by atoms with Gasteiger partial charge in [0.2, 0.25) is 0 Å². The SMILES string of the molecule is CC(C)(C)OC(=O)N(Cc1ccccc1OCC#N)C(=O)OC(C)(C)C. The average Bonchev–Trinajstić information content (AvgIpc) is 2.47. The third-order valence-corrected chi connectivity index (χ3v) is 2.82. The van der Waals surface area contributed by atoms with E-state index in [0.717, 1.165) is 4.90 Å². The fourth-order valence-corrected chi connectivity index (χ4v) is 1.89. The summed E-state index contributed by atoms with van der Waals surface area (Å²) in [6, 6.07) is 8.73. The molecule has 0 aliphatic carbocycles. The number of hydrogen-bond acceptors (Lipinski definition) is 6. The predicted molar refractivity (Wildman–Crippen MR) is 95.6 cm³/mol. The standard InChI is InChI=1S/C19H26N2O5/c1-18(2,3)25-16(22)21(17(23)26-19(4,5)6)13-14-9-7-8-10-15(14)24-12-11-20/h7-10H,12-13H2,1-6H3. The van der Waals surface area contributed by atoms with E-state index in [9.17, 15) is 9.59 Å². The smallest absolute Gasteiger partial charge is 0.420 e. The Morgan fingerprint density at radius 1 is 1.00 bits per heavy atom. The van der Waals surface area contributed by atoms with Crippen LogP contribution in [-0.2, 0) is 16.0 Å². The highest BCUT2D eigenvalue weighted by atomic mass is 16.6. The van der Waals surface area contributed by atoms with Crippen molar-refractivity contribution in [1.82, 2.24) is 4.90 Å². The van der Waals surface area contributed by atoms with Crippen LogP contribution in [0, 0.1) is 11.3 Å². The molecule has 0 aliphatic rings. The third kappa shape index (κ3) is 7.43. The molecule has 1 rings (SSSR count). The van der Waals surface area contributed by atoms with Crippen LogP contribution >= 0.6 is 0 Å². The number of carbonyl (C=O) groups is 2. The molecular weight excluding hydrogens is 336 g/mol. The number of nitriles is 1. The van der Waals surface area contributed by atoms with Crippen molar-refractivity contribution in [2.45, 2.75) is 59.3 Å². The van der Waals surface area contributed by atoms with Crippen molar-refractivity contribution < 1.29 is 23.8 Å². The molecule has 142 valence electrons. The first kappa shape index (κ1) is 21.3. The lowest BCUT2D eigenvalue weighted by molar-refractivity contribution is -0.000339. The zero-order valence-corrected chi connectivity index (χ0v) is 16.2. The molecule has 2 amide bonds. The van der Waals surface area contributed by atoms with Crippen molar-refractivity contribution in [1.29, 1.82) is 5.26 Å². The third-order valence-electron chi connectivity index (χ3n) is 2.82. The second-order valence-corrected chi connectivity index (χ2v) is 7.60. The Hall–Kier alpha value is -2.75. The highest BCUT2D eigenvalue weighted by molar-refractivity contribution is 5.88. The molecular formula is C19H26N2O5. The van der Waals surface area contributed by atoms with E-state index in [1.54, 1.807) is 65.8 Å². The zero-order chi connectivity index (χ0) is 20.0. The fourth-order valence-electron chi connectivity index (χ4n) is 1.89. The van der Waals surface area contributed by atoms with Gasteiger partial charge in [-0.25, -0.2) is 14.5 Å². The molecule has 26 heavy (non-hydrogen) atoms. The first-order chi connectivity index (χ1) is 11.9. The Kier molecular flexibility index (Phi) is 7.01. The van der Waals surface area contributed by atoms with Crippen molar-refractivity contribution in [3.63, 3.8) is 0 Å². The first-order valence-electron chi connectivity index (χ1n) is 8.24. The van der Waals surface area contributed by atoms with Crippen LogP contribution in [0.4, 0.5) is 9.59 Å². The molecule has 1 aromatic rings. The second kappa shape index (κ2) is 8.56. The molecule has 0 fully saturated rings. The lowest BCUT2D eigenvalue weighted by atomic mass is 10.2. The summed E-state index contributed by atoms with van der Waals surface area (Å²) in [6.45, 7) is 10.0. The van der Waals surface area contributed by atoms with Gasteiger partial charge in [0.05, 0.1) is 6.54 Å². The molecule has 0 saturated heterocycles. The van der Waals surface area contributed by atoms with E-state index in [0.29, 0.717) is 11.3 Å². The molecule has 7 nitrogen and oxygen atoms in total. The van der Waals surface area contributed by atoms with Crippen LogP contribution in [0.5, 0.6) is 5.75 Å². The molecule has 0 bridgehead atoms. The number of para-hydroxylation sites is 1. The van der Waals surface area contributed by atoms with Gasteiger partial charge in [0.15, 0.2) is 6.61 Å². The molecule has 0 heterocycles. The van der Waals surface area contributed by atoms with Gasteiger partial charge in [-0.3, -0.25) is 0 Å². The van der Waals surface area contributed by atoms with Gasteiger partial charge in [-0.05, 0) is 47.6 Å². The van der Waals surface area contributed by atoms with Crippen molar-refractivity contribution in [3.8, 4) is 11.8 Å². The number of rotatable bonds is 4. The van der Waals surface area contributed by atoms with Crippen LogP contribution in [0.15, 0.2) is 24.3 Å². The Morgan fingerprint density at radius 3 is 1.96 bits per heavy atom. The summed E-state index contributed by atoms with van der Waals surface area (Å²) in [6.07, 6.45) is -1.64. The molecule has 1 aromatic carbocycles. The number of nitrogens with zero attached hydrogens (tertiary/aromatic N) is 2. The Morgan fingerprint density at radius 2 is 1.50 bits per heavy atom. The molecule has 0 spiro atoms. The summed E-state index contributed by atoms with van der Waals surface area (Å²) in [5.74, 6) is 0.408. The van der Waals surface area contributed by atoms with Crippen LogP contribution < -0.4 is 4.74 Å². The highest BCUT2D eigenvalue weighted by Gasteiger charge is 2.31. The van der Waals surface area contributed by atoms with Crippen molar-refractivity contribution >= 4 is 12.2 Å². The summed E-state index contributed by atoms with van der Waals surface area (Å²) in [5.41, 5.74) is -0.984. The van der Waals surface area contributed by atoms with Crippen LogP contribution in [-0.4, -0.2) is 34.9 Å².